The lowest BCUT2D eigenvalue weighted by Crippen LogP contribution is -2.35. The number of ether oxygens (including phenoxy) is 1. The SMILES string of the molecule is CN1C(=O)COc2ccc(CCNCCCN)cc21. The Balaban J connectivity index is 1.94. The van der Waals surface area contributed by atoms with Gasteiger partial charge in [0.05, 0.1) is 5.69 Å². The molecule has 0 spiro atoms. The largest absolute Gasteiger partial charge is 0.482 e. The number of nitrogens with two attached hydrogens (primary N) is 1. The zero-order valence-electron chi connectivity index (χ0n) is 11.3. The van der Waals surface area contributed by atoms with Crippen LogP contribution in [0.3, 0.4) is 0 Å². The predicted octanol–water partition coefficient (Wildman–Crippen LogP) is 0.523. The van der Waals surface area contributed by atoms with Crippen LogP contribution in [0.4, 0.5) is 5.69 Å². The molecule has 0 saturated carbocycles. The van der Waals surface area contributed by atoms with Gasteiger partial charge in [-0.05, 0) is 50.2 Å². The number of carbonyl (C=O) groups excluding carboxylic acids is 1. The Labute approximate surface area is 113 Å². The highest BCUT2D eigenvalue weighted by molar-refractivity contribution is 5.97. The van der Waals surface area contributed by atoms with Gasteiger partial charge in [-0.15, -0.1) is 0 Å². The normalized spacial score (nSPS) is 14.2. The smallest absolute Gasteiger partial charge is 0.264 e. The van der Waals surface area contributed by atoms with Crippen LogP contribution in [-0.2, 0) is 11.2 Å². The minimum absolute atomic E-state index is 0.00859. The Kier molecular flexibility index (Phi) is 4.76. The third-order valence-corrected chi connectivity index (χ3v) is 3.26. The van der Waals surface area contributed by atoms with E-state index >= 15 is 0 Å². The van der Waals surface area contributed by atoms with E-state index in [1.807, 2.05) is 18.2 Å². The maximum Gasteiger partial charge on any atom is 0.264 e. The number of nitrogens with zero attached hydrogens (tertiary/aromatic N) is 1. The van der Waals surface area contributed by atoms with Crippen LogP contribution < -0.4 is 20.7 Å². The van der Waals surface area contributed by atoms with Gasteiger partial charge in [0.2, 0.25) is 0 Å². The van der Waals surface area contributed by atoms with E-state index in [0.717, 1.165) is 43.9 Å². The van der Waals surface area contributed by atoms with Crippen LogP contribution in [0, 0.1) is 0 Å². The Morgan fingerprint density at radius 1 is 1.42 bits per heavy atom. The number of rotatable bonds is 6. The molecule has 1 aliphatic rings. The summed E-state index contributed by atoms with van der Waals surface area (Å²) >= 11 is 0. The Morgan fingerprint density at radius 3 is 3.05 bits per heavy atom. The number of hydrogen-bond donors (Lipinski definition) is 2. The van der Waals surface area contributed by atoms with Gasteiger partial charge < -0.3 is 20.7 Å². The first kappa shape index (κ1) is 13.8. The maximum atomic E-state index is 11.6. The molecule has 1 aromatic rings. The zero-order valence-corrected chi connectivity index (χ0v) is 11.3. The average molecular weight is 263 g/mol. The lowest BCUT2D eigenvalue weighted by atomic mass is 10.1. The van der Waals surface area contributed by atoms with Gasteiger partial charge in [-0.3, -0.25) is 4.79 Å². The molecule has 5 heteroatoms. The summed E-state index contributed by atoms with van der Waals surface area (Å²) < 4.78 is 5.40. The van der Waals surface area contributed by atoms with Gasteiger partial charge in [-0.25, -0.2) is 0 Å². The van der Waals surface area contributed by atoms with E-state index in [4.69, 9.17) is 10.5 Å². The highest BCUT2D eigenvalue weighted by Gasteiger charge is 2.21. The Morgan fingerprint density at radius 2 is 2.26 bits per heavy atom. The van der Waals surface area contributed by atoms with E-state index in [2.05, 4.69) is 5.32 Å². The van der Waals surface area contributed by atoms with Crippen molar-refractivity contribution in [3.05, 3.63) is 23.8 Å². The van der Waals surface area contributed by atoms with E-state index < -0.39 is 0 Å². The first-order valence-corrected chi connectivity index (χ1v) is 6.65. The van der Waals surface area contributed by atoms with E-state index in [1.54, 1.807) is 11.9 Å². The van der Waals surface area contributed by atoms with Crippen molar-refractivity contribution in [1.82, 2.24) is 5.32 Å². The van der Waals surface area contributed by atoms with Gasteiger partial charge in [-0.2, -0.15) is 0 Å². The fourth-order valence-electron chi connectivity index (χ4n) is 2.06. The lowest BCUT2D eigenvalue weighted by Gasteiger charge is -2.26. The highest BCUT2D eigenvalue weighted by Crippen LogP contribution is 2.31. The van der Waals surface area contributed by atoms with E-state index in [-0.39, 0.29) is 12.5 Å². The van der Waals surface area contributed by atoms with Crippen molar-refractivity contribution in [3.63, 3.8) is 0 Å². The molecule has 0 radical (unpaired) electrons. The molecule has 0 aliphatic carbocycles. The first-order valence-electron chi connectivity index (χ1n) is 6.65. The number of anilines is 1. The fourth-order valence-corrected chi connectivity index (χ4v) is 2.06. The summed E-state index contributed by atoms with van der Waals surface area (Å²) in [5, 5.41) is 3.34. The van der Waals surface area contributed by atoms with Gasteiger partial charge in [0, 0.05) is 7.05 Å². The third kappa shape index (κ3) is 3.45. The predicted molar refractivity (Wildman–Crippen MR) is 75.6 cm³/mol. The monoisotopic (exact) mass is 263 g/mol. The van der Waals surface area contributed by atoms with Crippen LogP contribution in [0.1, 0.15) is 12.0 Å². The molecule has 5 nitrogen and oxygen atoms in total. The topological polar surface area (TPSA) is 67.6 Å². The maximum absolute atomic E-state index is 11.6. The number of fused-ring (bicyclic) bond motifs is 1. The van der Waals surface area contributed by atoms with Crippen molar-refractivity contribution in [2.75, 3.05) is 38.2 Å². The molecule has 1 aromatic carbocycles. The number of carbonyl (C=O) groups is 1. The lowest BCUT2D eigenvalue weighted by molar-refractivity contribution is -0.120. The summed E-state index contributed by atoms with van der Waals surface area (Å²) in [6, 6.07) is 6.01. The summed E-state index contributed by atoms with van der Waals surface area (Å²) in [5.41, 5.74) is 7.49. The molecule has 1 aliphatic heterocycles. The molecule has 19 heavy (non-hydrogen) atoms. The summed E-state index contributed by atoms with van der Waals surface area (Å²) in [6.45, 7) is 2.71. The van der Waals surface area contributed by atoms with Gasteiger partial charge in [0.15, 0.2) is 6.61 Å². The second kappa shape index (κ2) is 6.54. The van der Waals surface area contributed by atoms with Crippen molar-refractivity contribution >= 4 is 11.6 Å². The van der Waals surface area contributed by atoms with Crippen LogP contribution in [-0.4, -0.2) is 39.2 Å². The second-order valence-electron chi connectivity index (χ2n) is 4.69. The van der Waals surface area contributed by atoms with Crippen LogP contribution in [0.25, 0.3) is 0 Å². The Bertz CT molecular complexity index is 448. The summed E-state index contributed by atoms with van der Waals surface area (Å²) in [7, 11) is 1.78. The molecule has 3 N–H and O–H groups in total. The van der Waals surface area contributed by atoms with Crippen LogP contribution in [0.5, 0.6) is 5.75 Å². The standard InChI is InChI=1S/C14H21N3O2/c1-17-12-9-11(5-8-16-7-2-6-15)3-4-13(12)19-10-14(17)18/h3-4,9,16H,2,5-8,10,15H2,1H3. The molecular formula is C14H21N3O2. The molecule has 1 amide bonds. The van der Waals surface area contributed by atoms with E-state index in [9.17, 15) is 4.79 Å². The summed E-state index contributed by atoms with van der Waals surface area (Å²) in [6.07, 6.45) is 1.93. The molecular weight excluding hydrogens is 242 g/mol. The first-order chi connectivity index (χ1) is 9.22. The van der Waals surface area contributed by atoms with Crippen molar-refractivity contribution in [1.29, 1.82) is 0 Å². The molecule has 2 rings (SSSR count). The number of nitrogens with one attached hydrogen (secondary N) is 1. The number of likely N-dealkylation sites (N-methyl/N-ethyl adjacent to an activating group) is 1. The molecule has 0 saturated heterocycles. The van der Waals surface area contributed by atoms with Gasteiger partial charge in [-0.1, -0.05) is 6.07 Å². The van der Waals surface area contributed by atoms with Crippen LogP contribution in [0.15, 0.2) is 18.2 Å². The van der Waals surface area contributed by atoms with Gasteiger partial charge >= 0.3 is 0 Å². The van der Waals surface area contributed by atoms with Gasteiger partial charge in [0.1, 0.15) is 5.75 Å². The molecule has 0 unspecified atom stereocenters. The van der Waals surface area contributed by atoms with Crippen LogP contribution >= 0.6 is 0 Å². The minimum atomic E-state index is -0.00859. The number of benzene rings is 1. The summed E-state index contributed by atoms with van der Waals surface area (Å²) in [4.78, 5) is 13.2. The van der Waals surface area contributed by atoms with Crippen LogP contribution in [0.2, 0.25) is 0 Å². The summed E-state index contributed by atoms with van der Waals surface area (Å²) in [5.74, 6) is 0.771. The molecule has 1 heterocycles. The van der Waals surface area contributed by atoms with Crippen molar-refractivity contribution in [2.24, 2.45) is 5.73 Å². The van der Waals surface area contributed by atoms with Gasteiger partial charge in [0.25, 0.3) is 5.91 Å². The molecule has 0 aromatic heterocycles. The number of hydrogen-bond acceptors (Lipinski definition) is 4. The van der Waals surface area contributed by atoms with Crippen molar-refractivity contribution in [2.45, 2.75) is 12.8 Å². The number of amides is 1. The highest BCUT2D eigenvalue weighted by atomic mass is 16.5. The van der Waals surface area contributed by atoms with E-state index in [0.29, 0.717) is 0 Å². The third-order valence-electron chi connectivity index (χ3n) is 3.26. The van der Waals surface area contributed by atoms with Crippen molar-refractivity contribution in [3.8, 4) is 5.75 Å². The zero-order chi connectivity index (χ0) is 13.7. The Hall–Kier alpha value is -1.59. The second-order valence-corrected chi connectivity index (χ2v) is 4.69. The molecule has 0 bridgehead atoms. The van der Waals surface area contributed by atoms with Crippen molar-refractivity contribution < 1.29 is 9.53 Å². The molecule has 0 atom stereocenters. The molecule has 104 valence electrons. The van der Waals surface area contributed by atoms with E-state index in [1.165, 1.54) is 5.56 Å². The average Bonchev–Trinajstić information content (AvgIpc) is 2.43. The minimum Gasteiger partial charge on any atom is -0.482 e. The quantitative estimate of drug-likeness (QED) is 0.734. The fraction of sp³-hybridized carbons (Fsp3) is 0.500. The molecule has 0 fully saturated rings.